The zero-order valence-electron chi connectivity index (χ0n) is 13.5. The fourth-order valence-electron chi connectivity index (χ4n) is 2.84. The molecule has 4 rings (SSSR count). The minimum Gasteiger partial charge on any atom is -0.364 e. The second-order valence-corrected chi connectivity index (χ2v) is 5.72. The van der Waals surface area contributed by atoms with Gasteiger partial charge < -0.3 is 5.73 Å². The van der Waals surface area contributed by atoms with Gasteiger partial charge in [0, 0.05) is 29.2 Å². The molecule has 0 fully saturated rings. The van der Waals surface area contributed by atoms with Crippen LogP contribution in [0.2, 0.25) is 0 Å². The van der Waals surface area contributed by atoms with Gasteiger partial charge in [0.2, 0.25) is 0 Å². The van der Waals surface area contributed by atoms with Gasteiger partial charge in [-0.3, -0.25) is 19.2 Å². The monoisotopic (exact) mass is 329 g/mol. The van der Waals surface area contributed by atoms with Crippen molar-refractivity contribution < 1.29 is 4.79 Å². The first kappa shape index (κ1) is 15.0. The summed E-state index contributed by atoms with van der Waals surface area (Å²) >= 11 is 0. The van der Waals surface area contributed by atoms with Crippen LogP contribution in [0.3, 0.4) is 0 Å². The topological polar surface area (TPSA) is 86.2 Å². The van der Waals surface area contributed by atoms with Gasteiger partial charge in [-0.1, -0.05) is 6.07 Å². The number of amides is 1. The molecule has 25 heavy (non-hydrogen) atoms. The van der Waals surface area contributed by atoms with Crippen molar-refractivity contribution in [3.63, 3.8) is 0 Å². The molecular formula is C19H15N5O. The Morgan fingerprint density at radius 2 is 1.96 bits per heavy atom. The zero-order valence-corrected chi connectivity index (χ0v) is 13.5. The van der Waals surface area contributed by atoms with E-state index in [9.17, 15) is 4.79 Å². The lowest BCUT2D eigenvalue weighted by atomic mass is 10.0. The molecule has 0 radical (unpaired) electrons. The Kier molecular flexibility index (Phi) is 3.50. The average Bonchev–Trinajstić information content (AvgIpc) is 3.05. The summed E-state index contributed by atoms with van der Waals surface area (Å²) in [6.45, 7) is 1.95. The summed E-state index contributed by atoms with van der Waals surface area (Å²) in [6, 6.07) is 13.5. The molecule has 0 unspecified atom stereocenters. The normalized spacial score (nSPS) is 10.9. The number of fused-ring (bicyclic) bond motifs is 1. The van der Waals surface area contributed by atoms with E-state index in [0.717, 1.165) is 28.2 Å². The van der Waals surface area contributed by atoms with Crippen molar-refractivity contribution in [3.05, 3.63) is 72.4 Å². The molecule has 4 aromatic heterocycles. The Bertz CT molecular complexity index is 1100. The molecule has 6 heteroatoms. The lowest BCUT2D eigenvalue weighted by Crippen LogP contribution is -2.13. The van der Waals surface area contributed by atoms with E-state index >= 15 is 0 Å². The number of primary amides is 1. The van der Waals surface area contributed by atoms with E-state index < -0.39 is 5.91 Å². The number of pyridine rings is 3. The van der Waals surface area contributed by atoms with Gasteiger partial charge in [-0.2, -0.15) is 0 Å². The molecule has 0 saturated carbocycles. The van der Waals surface area contributed by atoms with Gasteiger partial charge in [0.05, 0.1) is 17.6 Å². The molecule has 0 aliphatic heterocycles. The summed E-state index contributed by atoms with van der Waals surface area (Å²) in [7, 11) is 0. The van der Waals surface area contributed by atoms with E-state index in [4.69, 9.17) is 5.73 Å². The van der Waals surface area contributed by atoms with Crippen LogP contribution < -0.4 is 5.73 Å². The van der Waals surface area contributed by atoms with Gasteiger partial charge in [-0.05, 0) is 43.3 Å². The Morgan fingerprint density at radius 1 is 1.08 bits per heavy atom. The number of rotatable bonds is 3. The van der Waals surface area contributed by atoms with E-state index in [-0.39, 0.29) is 0 Å². The predicted molar refractivity (Wildman–Crippen MR) is 94.9 cm³/mol. The molecule has 4 aromatic rings. The van der Waals surface area contributed by atoms with Crippen LogP contribution in [0.4, 0.5) is 0 Å². The predicted octanol–water partition coefficient (Wildman–Crippen LogP) is 2.87. The number of hydrogen-bond donors (Lipinski definition) is 1. The van der Waals surface area contributed by atoms with E-state index in [2.05, 4.69) is 15.0 Å². The van der Waals surface area contributed by atoms with Crippen LogP contribution in [-0.2, 0) is 0 Å². The third-order valence-corrected chi connectivity index (χ3v) is 4.00. The lowest BCUT2D eigenvalue weighted by molar-refractivity contribution is 0.0995. The van der Waals surface area contributed by atoms with Crippen molar-refractivity contribution in [2.45, 2.75) is 6.92 Å². The minimum atomic E-state index is -0.522. The fraction of sp³-hybridized carbons (Fsp3) is 0.0526. The van der Waals surface area contributed by atoms with E-state index in [0.29, 0.717) is 11.3 Å². The maximum atomic E-state index is 11.6. The average molecular weight is 329 g/mol. The molecule has 0 bridgehead atoms. The highest BCUT2D eigenvalue weighted by atomic mass is 16.1. The van der Waals surface area contributed by atoms with Crippen molar-refractivity contribution in [1.82, 2.24) is 19.4 Å². The number of imidazole rings is 1. The Labute approximate surface area is 144 Å². The van der Waals surface area contributed by atoms with Crippen molar-refractivity contribution >= 4 is 11.6 Å². The number of carbonyl (C=O) groups excluding carboxylic acids is 1. The lowest BCUT2D eigenvalue weighted by Gasteiger charge is -2.09. The van der Waals surface area contributed by atoms with E-state index in [1.165, 1.54) is 6.20 Å². The summed E-state index contributed by atoms with van der Waals surface area (Å²) in [5, 5.41) is 0. The molecule has 4 heterocycles. The van der Waals surface area contributed by atoms with Crippen molar-refractivity contribution in [2.24, 2.45) is 5.73 Å². The number of carbonyl (C=O) groups is 1. The second-order valence-electron chi connectivity index (χ2n) is 5.72. The number of aromatic nitrogens is 4. The molecule has 0 atom stereocenters. The third-order valence-electron chi connectivity index (χ3n) is 4.00. The van der Waals surface area contributed by atoms with Crippen molar-refractivity contribution in [1.29, 1.82) is 0 Å². The van der Waals surface area contributed by atoms with Gasteiger partial charge in [0.25, 0.3) is 5.91 Å². The quantitative estimate of drug-likeness (QED) is 0.626. The van der Waals surface area contributed by atoms with Crippen LogP contribution in [0, 0.1) is 6.92 Å². The summed E-state index contributed by atoms with van der Waals surface area (Å²) in [6.07, 6.45) is 5.04. The number of hydrogen-bond acceptors (Lipinski definition) is 4. The summed E-state index contributed by atoms with van der Waals surface area (Å²) < 4.78 is 1.68. The van der Waals surface area contributed by atoms with Crippen LogP contribution in [0.1, 0.15) is 16.2 Å². The number of nitrogens with zero attached hydrogens (tertiary/aromatic N) is 4. The van der Waals surface area contributed by atoms with Crippen molar-refractivity contribution in [3.8, 4) is 22.5 Å². The molecule has 6 nitrogen and oxygen atoms in total. The highest BCUT2D eigenvalue weighted by Gasteiger charge is 2.13. The molecule has 0 aliphatic rings. The van der Waals surface area contributed by atoms with Crippen LogP contribution in [0.15, 0.2) is 61.1 Å². The summed E-state index contributed by atoms with van der Waals surface area (Å²) in [5.41, 5.74) is 10.8. The van der Waals surface area contributed by atoms with E-state index in [1.807, 2.05) is 55.6 Å². The maximum Gasteiger partial charge on any atom is 0.267 e. The second kappa shape index (κ2) is 5.83. The summed E-state index contributed by atoms with van der Waals surface area (Å²) in [5.74, 6) is -0.522. The molecule has 0 aliphatic carbocycles. The molecule has 2 N–H and O–H groups in total. The Balaban J connectivity index is 1.92. The van der Waals surface area contributed by atoms with Gasteiger partial charge in [0.1, 0.15) is 11.3 Å². The molecular weight excluding hydrogens is 314 g/mol. The van der Waals surface area contributed by atoms with Gasteiger partial charge >= 0.3 is 0 Å². The van der Waals surface area contributed by atoms with Crippen LogP contribution in [0.25, 0.3) is 28.2 Å². The first-order valence-corrected chi connectivity index (χ1v) is 7.80. The number of nitrogens with two attached hydrogens (primary N) is 1. The molecule has 1 amide bonds. The Hall–Kier alpha value is -3.54. The largest absolute Gasteiger partial charge is 0.364 e. The van der Waals surface area contributed by atoms with Crippen LogP contribution >= 0.6 is 0 Å². The Morgan fingerprint density at radius 3 is 2.76 bits per heavy atom. The summed E-state index contributed by atoms with van der Waals surface area (Å²) in [4.78, 5) is 24.9. The fourth-order valence-corrected chi connectivity index (χ4v) is 2.84. The number of aryl methyl sites for hydroxylation is 1. The smallest absolute Gasteiger partial charge is 0.267 e. The van der Waals surface area contributed by atoms with Crippen molar-refractivity contribution in [2.75, 3.05) is 0 Å². The zero-order chi connectivity index (χ0) is 17.4. The molecule has 0 spiro atoms. The van der Waals surface area contributed by atoms with Gasteiger partial charge in [-0.15, -0.1) is 0 Å². The maximum absolute atomic E-state index is 11.6. The van der Waals surface area contributed by atoms with Gasteiger partial charge in [-0.25, -0.2) is 4.98 Å². The highest BCUT2D eigenvalue weighted by molar-refractivity contribution is 5.92. The first-order valence-electron chi connectivity index (χ1n) is 7.80. The van der Waals surface area contributed by atoms with E-state index in [1.54, 1.807) is 10.6 Å². The van der Waals surface area contributed by atoms with Gasteiger partial charge in [0.15, 0.2) is 0 Å². The van der Waals surface area contributed by atoms with Crippen LogP contribution in [0.5, 0.6) is 0 Å². The molecule has 122 valence electrons. The highest BCUT2D eigenvalue weighted by Crippen LogP contribution is 2.29. The standard InChI is InChI=1S/C19H15N5O/c1-12-4-2-6-15(23-12)14-5-3-9-21-18(14)13-7-8-17-22-10-16(19(20)25)24(17)11-13/h2-11H,1H3,(H2,20,25). The third kappa shape index (κ3) is 2.63. The SMILES string of the molecule is Cc1cccc(-c2cccnc2-c2ccc3ncc(C(N)=O)n3c2)n1. The molecule has 0 aromatic carbocycles. The van der Waals surface area contributed by atoms with Crippen LogP contribution in [-0.4, -0.2) is 25.3 Å². The first-order chi connectivity index (χ1) is 12.1. The minimum absolute atomic E-state index is 0.336. The molecule has 0 saturated heterocycles.